The molecule has 0 saturated carbocycles. The van der Waals surface area contributed by atoms with Crippen molar-refractivity contribution in [3.63, 3.8) is 0 Å². The molecule has 4 rings (SSSR count). The summed E-state index contributed by atoms with van der Waals surface area (Å²) in [5, 5.41) is 13.1. The van der Waals surface area contributed by atoms with E-state index in [4.69, 9.17) is 0 Å². The molecule has 0 spiro atoms. The molecule has 0 saturated heterocycles. The van der Waals surface area contributed by atoms with E-state index < -0.39 is 5.41 Å². The molecule has 1 aliphatic carbocycles. The predicted molar refractivity (Wildman–Crippen MR) is 131 cm³/mol. The third-order valence-electron chi connectivity index (χ3n) is 5.86. The van der Waals surface area contributed by atoms with Crippen molar-refractivity contribution in [2.75, 3.05) is 0 Å². The highest BCUT2D eigenvalue weighted by molar-refractivity contribution is 6.24. The molecule has 1 amide bonds. The number of carbonyl (C=O) groups is 2. The fourth-order valence-electron chi connectivity index (χ4n) is 4.45. The summed E-state index contributed by atoms with van der Waals surface area (Å²) in [4.78, 5) is 26.5. The molecule has 0 heterocycles. The highest BCUT2D eigenvalue weighted by atomic mass is 16.1. The van der Waals surface area contributed by atoms with Gasteiger partial charge >= 0.3 is 0 Å². The lowest BCUT2D eigenvalue weighted by Gasteiger charge is -2.26. The molecule has 0 aliphatic heterocycles. The number of nitrogens with one attached hydrogen (secondary N) is 1. The van der Waals surface area contributed by atoms with Crippen molar-refractivity contribution in [2.24, 2.45) is 5.41 Å². The summed E-state index contributed by atoms with van der Waals surface area (Å²) in [5.41, 5.74) is 6.33. The lowest BCUT2D eigenvalue weighted by molar-refractivity contribution is 0.0958. The number of hydrogen-bond donors (Lipinski definition) is 1. The van der Waals surface area contributed by atoms with Crippen LogP contribution < -0.4 is 5.32 Å². The van der Waals surface area contributed by atoms with Gasteiger partial charge in [0.05, 0.1) is 5.57 Å². The number of allylic oxidation sites excluding steroid dienone is 2. The summed E-state index contributed by atoms with van der Waals surface area (Å²) in [6.07, 6.45) is 0. The molecule has 0 radical (unpaired) electrons. The van der Waals surface area contributed by atoms with Gasteiger partial charge < -0.3 is 5.32 Å². The van der Waals surface area contributed by atoms with Crippen LogP contribution in [0.1, 0.15) is 63.7 Å². The van der Waals surface area contributed by atoms with E-state index in [1.165, 1.54) is 0 Å². The van der Waals surface area contributed by atoms with Gasteiger partial charge in [0.25, 0.3) is 5.91 Å². The molecule has 3 aromatic carbocycles. The molecule has 0 aromatic heterocycles. The Hall–Kier alpha value is -3.97. The Balaban J connectivity index is 1.85. The highest BCUT2D eigenvalue weighted by Crippen LogP contribution is 2.39. The van der Waals surface area contributed by atoms with E-state index in [1.54, 1.807) is 24.3 Å². The van der Waals surface area contributed by atoms with Gasteiger partial charge in [0.1, 0.15) is 6.07 Å². The fraction of sp³-hybridized carbons (Fsp3) is 0.207. The minimum atomic E-state index is -0.496. The first kappa shape index (κ1) is 22.2. The van der Waals surface area contributed by atoms with Crippen LogP contribution in [0.15, 0.2) is 66.4 Å². The summed E-state index contributed by atoms with van der Waals surface area (Å²) < 4.78 is 0. The van der Waals surface area contributed by atoms with Crippen molar-refractivity contribution in [3.05, 3.63) is 99.7 Å². The second-order valence-corrected chi connectivity index (χ2v) is 9.55. The quantitative estimate of drug-likeness (QED) is 0.389. The molecule has 164 valence electrons. The number of nitrogens with zero attached hydrogens (tertiary/aromatic N) is 1. The van der Waals surface area contributed by atoms with E-state index in [1.807, 2.05) is 65.0 Å². The van der Waals surface area contributed by atoms with Gasteiger partial charge in [-0.25, -0.2) is 0 Å². The number of nitriles is 1. The van der Waals surface area contributed by atoms with Crippen molar-refractivity contribution in [2.45, 2.75) is 34.6 Å². The zero-order valence-corrected chi connectivity index (χ0v) is 19.5. The van der Waals surface area contributed by atoms with E-state index in [0.717, 1.165) is 22.3 Å². The number of benzene rings is 3. The highest BCUT2D eigenvalue weighted by Gasteiger charge is 2.32. The molecule has 1 aliphatic rings. The molecule has 0 bridgehead atoms. The number of hydrogen-bond acceptors (Lipinski definition) is 3. The molecule has 1 N–H and O–H groups in total. The number of carbonyl (C=O) groups excluding carboxylic acids is 2. The predicted octanol–water partition coefficient (Wildman–Crippen LogP) is 6.23. The van der Waals surface area contributed by atoms with Crippen LogP contribution in [0, 0.1) is 30.6 Å². The normalized spacial score (nSPS) is 13.0. The Kier molecular flexibility index (Phi) is 5.51. The molecule has 4 heteroatoms. The molecule has 0 unspecified atom stereocenters. The molecular weight excluding hydrogens is 408 g/mol. The minimum absolute atomic E-state index is 0.0743. The Morgan fingerprint density at radius 3 is 2.09 bits per heavy atom. The van der Waals surface area contributed by atoms with Gasteiger partial charge in [-0.15, -0.1) is 0 Å². The van der Waals surface area contributed by atoms with Crippen LogP contribution in [-0.4, -0.2) is 11.7 Å². The van der Waals surface area contributed by atoms with Gasteiger partial charge in [0.2, 0.25) is 0 Å². The Labute approximate surface area is 194 Å². The van der Waals surface area contributed by atoms with Gasteiger partial charge in [-0.3, -0.25) is 9.59 Å². The zero-order valence-electron chi connectivity index (χ0n) is 19.5. The zero-order chi connectivity index (χ0) is 23.9. The average molecular weight is 435 g/mol. The van der Waals surface area contributed by atoms with Crippen LogP contribution in [0.2, 0.25) is 0 Å². The molecule has 3 aromatic rings. The Bertz CT molecular complexity index is 1360. The maximum atomic E-state index is 13.6. The van der Waals surface area contributed by atoms with E-state index in [-0.39, 0.29) is 11.7 Å². The largest absolute Gasteiger partial charge is 0.324 e. The van der Waals surface area contributed by atoms with Crippen LogP contribution in [0.5, 0.6) is 0 Å². The monoisotopic (exact) mass is 434 g/mol. The van der Waals surface area contributed by atoms with E-state index >= 15 is 0 Å². The van der Waals surface area contributed by atoms with Gasteiger partial charge in [-0.05, 0) is 31.0 Å². The smallest absolute Gasteiger partial charge is 0.256 e. The van der Waals surface area contributed by atoms with Crippen molar-refractivity contribution < 1.29 is 9.59 Å². The van der Waals surface area contributed by atoms with E-state index in [2.05, 4.69) is 17.5 Å². The number of rotatable bonds is 3. The summed E-state index contributed by atoms with van der Waals surface area (Å²) >= 11 is 0. The summed E-state index contributed by atoms with van der Waals surface area (Å²) in [6, 6.07) is 20.8. The molecule has 0 fully saturated rings. The van der Waals surface area contributed by atoms with Gasteiger partial charge in [0, 0.05) is 33.4 Å². The fourth-order valence-corrected chi connectivity index (χ4v) is 4.45. The SMILES string of the molecule is Cc1cc(C)cc(/C(C#N)=C(\NC(=O)c2cccc3c2-c2ccccc2C3=O)C(C)(C)C)c1. The Morgan fingerprint density at radius 2 is 1.48 bits per heavy atom. The van der Waals surface area contributed by atoms with Gasteiger partial charge in [-0.2, -0.15) is 5.26 Å². The first-order chi connectivity index (χ1) is 15.6. The number of fused-ring (bicyclic) bond motifs is 3. The lowest BCUT2D eigenvalue weighted by atomic mass is 9.85. The third kappa shape index (κ3) is 3.99. The molecule has 4 nitrogen and oxygen atoms in total. The number of aryl methyl sites for hydroxylation is 2. The van der Waals surface area contributed by atoms with Crippen LogP contribution >= 0.6 is 0 Å². The minimum Gasteiger partial charge on any atom is -0.324 e. The van der Waals surface area contributed by atoms with Crippen molar-refractivity contribution in [1.82, 2.24) is 5.32 Å². The molecular formula is C29H26N2O2. The number of amides is 1. The van der Waals surface area contributed by atoms with Gasteiger partial charge in [-0.1, -0.05) is 86.5 Å². The van der Waals surface area contributed by atoms with Crippen LogP contribution in [-0.2, 0) is 0 Å². The third-order valence-corrected chi connectivity index (χ3v) is 5.86. The second kappa shape index (κ2) is 8.18. The maximum Gasteiger partial charge on any atom is 0.256 e. The summed E-state index contributed by atoms with van der Waals surface area (Å²) in [6.45, 7) is 9.88. The summed E-state index contributed by atoms with van der Waals surface area (Å²) in [5.74, 6) is -0.409. The van der Waals surface area contributed by atoms with E-state index in [9.17, 15) is 14.9 Å². The van der Waals surface area contributed by atoms with Crippen LogP contribution in [0.3, 0.4) is 0 Å². The Morgan fingerprint density at radius 1 is 0.879 bits per heavy atom. The molecule has 33 heavy (non-hydrogen) atoms. The standard InChI is InChI=1S/C29H26N2O2/c1-17-13-18(2)15-19(14-17)24(16-30)27(29(3,4)5)31-28(33)23-12-8-11-22-25(23)20-9-6-7-10-21(20)26(22)32/h6-15H,1-5H3,(H,31,33)/b27-24-. The summed E-state index contributed by atoms with van der Waals surface area (Å²) in [7, 11) is 0. The van der Waals surface area contributed by atoms with Crippen molar-refractivity contribution in [3.8, 4) is 17.2 Å². The maximum absolute atomic E-state index is 13.6. The van der Waals surface area contributed by atoms with Crippen molar-refractivity contribution in [1.29, 1.82) is 5.26 Å². The second-order valence-electron chi connectivity index (χ2n) is 9.55. The average Bonchev–Trinajstić information content (AvgIpc) is 3.05. The first-order valence-electron chi connectivity index (χ1n) is 10.9. The number of ketones is 1. The van der Waals surface area contributed by atoms with Crippen LogP contribution in [0.25, 0.3) is 16.7 Å². The lowest BCUT2D eigenvalue weighted by Crippen LogP contribution is -2.31. The van der Waals surface area contributed by atoms with E-state index in [0.29, 0.717) is 33.5 Å². The van der Waals surface area contributed by atoms with Gasteiger partial charge in [0.15, 0.2) is 5.78 Å². The van der Waals surface area contributed by atoms with Crippen LogP contribution in [0.4, 0.5) is 0 Å². The molecule has 0 atom stereocenters. The van der Waals surface area contributed by atoms with Crippen molar-refractivity contribution >= 4 is 17.3 Å². The first-order valence-corrected chi connectivity index (χ1v) is 10.9. The topological polar surface area (TPSA) is 70.0 Å².